The fraction of sp³-hybridized carbons (Fsp3) is 0.977. The molecular formula is C43H87NO6. The number of unbranched alkanes of at least 4 members (excludes halogenated alkanes) is 22. The van der Waals surface area contributed by atoms with Crippen LogP contribution in [0.15, 0.2) is 0 Å². The van der Waals surface area contributed by atoms with Gasteiger partial charge in [0.15, 0.2) is 6.10 Å². The third kappa shape index (κ3) is 35.5. The fourth-order valence-corrected chi connectivity index (χ4v) is 6.04. The molecule has 0 spiro atoms. The van der Waals surface area contributed by atoms with Gasteiger partial charge in [0, 0.05) is 26.9 Å². The van der Waals surface area contributed by atoms with E-state index in [9.17, 15) is 4.79 Å². The summed E-state index contributed by atoms with van der Waals surface area (Å²) in [5, 5.41) is 2.91. The van der Waals surface area contributed by atoms with Crippen LogP contribution in [0.3, 0.4) is 0 Å². The molecule has 0 radical (unpaired) electrons. The lowest BCUT2D eigenvalue weighted by Crippen LogP contribution is -2.37. The third-order valence-corrected chi connectivity index (χ3v) is 9.91. The van der Waals surface area contributed by atoms with Crippen LogP contribution in [0.1, 0.15) is 208 Å². The average molecular weight is 714 g/mol. The van der Waals surface area contributed by atoms with E-state index in [-0.39, 0.29) is 11.2 Å². The molecule has 7 heteroatoms. The number of methoxy groups -OCH3 is 1. The van der Waals surface area contributed by atoms with E-state index in [1.54, 1.807) is 7.11 Å². The average Bonchev–Trinajstić information content (AvgIpc) is 3.08. The van der Waals surface area contributed by atoms with Crippen molar-refractivity contribution in [3.05, 3.63) is 0 Å². The summed E-state index contributed by atoms with van der Waals surface area (Å²) in [6.07, 6.45) is 32.4. The van der Waals surface area contributed by atoms with Crippen molar-refractivity contribution in [1.29, 1.82) is 0 Å². The van der Waals surface area contributed by atoms with E-state index in [2.05, 4.69) is 46.9 Å². The van der Waals surface area contributed by atoms with E-state index < -0.39 is 12.2 Å². The standard InChI is InChI=1S/C43H87NO6/c1-8-10-12-14-16-18-20-22-24-26-28-30-35-47-38-40(39-48-36-31-29-27-25-23-21-19-17-15-13-11-9-2)50-41(45)44-34-32-43(5,6)49-37-33-42(3,4)46-7/h40H,8-39H2,1-7H3,(H,44,45). The Morgan fingerprint density at radius 2 is 0.900 bits per heavy atom. The summed E-state index contributed by atoms with van der Waals surface area (Å²) in [6.45, 7) is 16.0. The second-order valence-electron chi connectivity index (χ2n) is 16.0. The Kier molecular flexibility index (Phi) is 34.5. The zero-order valence-corrected chi connectivity index (χ0v) is 34.7. The lowest BCUT2D eigenvalue weighted by molar-refractivity contribution is -0.0610. The Hall–Kier alpha value is -0.890. The van der Waals surface area contributed by atoms with Gasteiger partial charge in [-0.05, 0) is 53.4 Å². The van der Waals surface area contributed by atoms with Crippen molar-refractivity contribution in [2.24, 2.45) is 0 Å². The molecule has 0 aromatic carbocycles. The van der Waals surface area contributed by atoms with E-state index in [1.807, 2.05) is 0 Å². The summed E-state index contributed by atoms with van der Waals surface area (Å²) >= 11 is 0. The van der Waals surface area contributed by atoms with Crippen LogP contribution in [0, 0.1) is 0 Å². The molecule has 0 saturated heterocycles. The van der Waals surface area contributed by atoms with Crippen molar-refractivity contribution in [2.75, 3.05) is 46.7 Å². The summed E-state index contributed by atoms with van der Waals surface area (Å²) in [7, 11) is 1.72. The summed E-state index contributed by atoms with van der Waals surface area (Å²) in [4.78, 5) is 12.7. The number of amides is 1. The van der Waals surface area contributed by atoms with Crippen molar-refractivity contribution in [3.63, 3.8) is 0 Å². The zero-order valence-electron chi connectivity index (χ0n) is 34.7. The van der Waals surface area contributed by atoms with Crippen LogP contribution in [0.25, 0.3) is 0 Å². The fourth-order valence-electron chi connectivity index (χ4n) is 6.04. The summed E-state index contributed by atoms with van der Waals surface area (Å²) in [5.74, 6) is 0. The van der Waals surface area contributed by atoms with Crippen molar-refractivity contribution >= 4 is 6.09 Å². The van der Waals surface area contributed by atoms with Gasteiger partial charge in [-0.15, -0.1) is 0 Å². The summed E-state index contributed by atoms with van der Waals surface area (Å²) < 4.78 is 29.3. The molecule has 0 heterocycles. The molecule has 0 aliphatic rings. The maximum atomic E-state index is 12.7. The second kappa shape index (κ2) is 35.2. The Bertz CT molecular complexity index is 684. The van der Waals surface area contributed by atoms with Crippen molar-refractivity contribution < 1.29 is 28.5 Å². The summed E-state index contributed by atoms with van der Waals surface area (Å²) in [5.41, 5.74) is -0.567. The molecule has 1 amide bonds. The van der Waals surface area contributed by atoms with Crippen LogP contribution in [-0.2, 0) is 23.7 Å². The lowest BCUT2D eigenvalue weighted by atomic mass is 10.0. The van der Waals surface area contributed by atoms with Gasteiger partial charge >= 0.3 is 6.09 Å². The number of nitrogens with one attached hydrogen (secondary N) is 1. The third-order valence-electron chi connectivity index (χ3n) is 9.91. The van der Waals surface area contributed by atoms with Crippen LogP contribution >= 0.6 is 0 Å². The maximum absolute atomic E-state index is 12.7. The van der Waals surface area contributed by atoms with Crippen LogP contribution < -0.4 is 5.32 Å². The first-order chi connectivity index (χ1) is 24.2. The predicted molar refractivity (Wildman–Crippen MR) is 212 cm³/mol. The highest BCUT2D eigenvalue weighted by molar-refractivity contribution is 5.67. The van der Waals surface area contributed by atoms with Gasteiger partial charge in [-0.3, -0.25) is 0 Å². The van der Waals surface area contributed by atoms with Gasteiger partial charge < -0.3 is 29.0 Å². The summed E-state index contributed by atoms with van der Waals surface area (Å²) in [6, 6.07) is 0. The van der Waals surface area contributed by atoms with E-state index >= 15 is 0 Å². The van der Waals surface area contributed by atoms with Crippen LogP contribution in [0.4, 0.5) is 4.79 Å². The van der Waals surface area contributed by atoms with Gasteiger partial charge in [-0.1, -0.05) is 155 Å². The van der Waals surface area contributed by atoms with E-state index in [0.717, 1.165) is 19.3 Å². The zero-order chi connectivity index (χ0) is 37.0. The Labute approximate surface area is 311 Å². The highest BCUT2D eigenvalue weighted by Crippen LogP contribution is 2.19. The SMILES string of the molecule is CCCCCCCCCCCCCCOCC(COCCCCCCCCCCCCCC)OC(=O)NCCC(C)(C)OCCC(C)(C)OC. The number of rotatable bonds is 39. The van der Waals surface area contributed by atoms with Gasteiger partial charge in [-0.25, -0.2) is 4.79 Å². The van der Waals surface area contributed by atoms with Crippen LogP contribution in [0.5, 0.6) is 0 Å². The molecule has 0 rings (SSSR count). The molecule has 0 saturated carbocycles. The van der Waals surface area contributed by atoms with Crippen LogP contribution in [-0.4, -0.2) is 70.1 Å². The molecule has 0 fully saturated rings. The Morgan fingerprint density at radius 3 is 1.28 bits per heavy atom. The second-order valence-corrected chi connectivity index (χ2v) is 16.0. The first-order valence-electron chi connectivity index (χ1n) is 21.4. The monoisotopic (exact) mass is 714 g/mol. The minimum absolute atomic E-state index is 0.211. The molecule has 0 atom stereocenters. The van der Waals surface area contributed by atoms with Gasteiger partial charge in [0.1, 0.15) is 0 Å². The molecule has 7 nitrogen and oxygen atoms in total. The largest absolute Gasteiger partial charge is 0.441 e. The Balaban J connectivity index is 4.30. The molecular weight excluding hydrogens is 626 g/mol. The Morgan fingerprint density at radius 1 is 0.520 bits per heavy atom. The minimum Gasteiger partial charge on any atom is -0.441 e. The lowest BCUT2D eigenvalue weighted by Gasteiger charge is -2.29. The van der Waals surface area contributed by atoms with E-state index in [0.29, 0.717) is 46.0 Å². The molecule has 0 aromatic rings. The molecule has 0 bridgehead atoms. The molecule has 0 aliphatic heterocycles. The quantitative estimate of drug-likeness (QED) is 0.0639. The van der Waals surface area contributed by atoms with Gasteiger partial charge in [0.2, 0.25) is 0 Å². The highest BCUT2D eigenvalue weighted by Gasteiger charge is 2.23. The first-order valence-corrected chi connectivity index (χ1v) is 21.4. The molecule has 0 aromatic heterocycles. The number of hydrogen-bond acceptors (Lipinski definition) is 6. The number of alkyl carbamates (subject to hydrolysis) is 1. The normalized spacial score (nSPS) is 12.2. The van der Waals surface area contributed by atoms with Crippen molar-refractivity contribution in [2.45, 2.75) is 226 Å². The topological polar surface area (TPSA) is 75.3 Å². The number of carbonyl (C=O) groups is 1. The minimum atomic E-state index is -0.422. The van der Waals surface area contributed by atoms with E-state index in [4.69, 9.17) is 23.7 Å². The van der Waals surface area contributed by atoms with Gasteiger partial charge in [0.25, 0.3) is 0 Å². The molecule has 0 unspecified atom stereocenters. The first kappa shape index (κ1) is 49.1. The van der Waals surface area contributed by atoms with Gasteiger partial charge in [-0.2, -0.15) is 0 Å². The highest BCUT2D eigenvalue weighted by atomic mass is 16.6. The predicted octanol–water partition coefficient (Wildman–Crippen LogP) is 12.5. The maximum Gasteiger partial charge on any atom is 0.407 e. The number of hydrogen-bond donors (Lipinski definition) is 1. The van der Waals surface area contributed by atoms with Gasteiger partial charge in [0.05, 0.1) is 31.0 Å². The smallest absolute Gasteiger partial charge is 0.407 e. The van der Waals surface area contributed by atoms with Crippen LogP contribution in [0.2, 0.25) is 0 Å². The van der Waals surface area contributed by atoms with Crippen molar-refractivity contribution in [3.8, 4) is 0 Å². The molecule has 1 N–H and O–H groups in total. The molecule has 50 heavy (non-hydrogen) atoms. The van der Waals surface area contributed by atoms with E-state index in [1.165, 1.54) is 141 Å². The number of carbonyl (C=O) groups excluding carboxylic acids is 1. The number of ether oxygens (including phenoxy) is 5. The molecule has 300 valence electrons. The molecule has 0 aliphatic carbocycles. The van der Waals surface area contributed by atoms with Crippen molar-refractivity contribution in [1.82, 2.24) is 5.32 Å².